The number of nitrogens with zero attached hydrogens (tertiary/aromatic N) is 5. The number of nitrogens with two attached hydrogens (primary N) is 1. The molecule has 1 unspecified atom stereocenters. The monoisotopic (exact) mass is 282 g/mol. The van der Waals surface area contributed by atoms with Crippen molar-refractivity contribution in [3.05, 3.63) is 30.7 Å². The molecule has 106 valence electrons. The van der Waals surface area contributed by atoms with Crippen molar-refractivity contribution in [2.45, 2.75) is 19.1 Å². The molecule has 1 aliphatic heterocycles. The predicted octanol–water partition coefficient (Wildman–Crippen LogP) is 1.78. The van der Waals surface area contributed by atoms with Gasteiger partial charge in [-0.2, -0.15) is 0 Å². The van der Waals surface area contributed by atoms with Gasteiger partial charge in [0.15, 0.2) is 17.3 Å². The van der Waals surface area contributed by atoms with E-state index in [4.69, 9.17) is 10.5 Å². The van der Waals surface area contributed by atoms with Gasteiger partial charge >= 0.3 is 0 Å². The first-order valence-corrected chi connectivity index (χ1v) is 6.86. The van der Waals surface area contributed by atoms with Gasteiger partial charge in [0.05, 0.1) is 6.33 Å². The van der Waals surface area contributed by atoms with Gasteiger partial charge in [0.25, 0.3) is 0 Å². The molecule has 7 heteroatoms. The molecule has 0 spiro atoms. The van der Waals surface area contributed by atoms with E-state index in [0.29, 0.717) is 28.5 Å². The molecule has 0 radical (unpaired) electrons. The van der Waals surface area contributed by atoms with E-state index in [1.807, 2.05) is 22.8 Å². The van der Waals surface area contributed by atoms with Crippen LogP contribution in [-0.4, -0.2) is 31.1 Å². The second-order valence-electron chi connectivity index (χ2n) is 4.94. The molecule has 2 N–H and O–H groups in total. The summed E-state index contributed by atoms with van der Waals surface area (Å²) in [5.41, 5.74) is 7.99. The van der Waals surface area contributed by atoms with Crippen LogP contribution in [0.5, 0.6) is 0 Å². The van der Waals surface area contributed by atoms with E-state index in [2.05, 4.69) is 19.9 Å². The van der Waals surface area contributed by atoms with Crippen LogP contribution in [-0.2, 0) is 4.74 Å². The van der Waals surface area contributed by atoms with Crippen molar-refractivity contribution in [2.75, 3.05) is 12.3 Å². The van der Waals surface area contributed by atoms with Gasteiger partial charge in [-0.05, 0) is 25.0 Å². The van der Waals surface area contributed by atoms with Crippen molar-refractivity contribution in [3.8, 4) is 11.5 Å². The molecule has 1 saturated heterocycles. The van der Waals surface area contributed by atoms with Crippen LogP contribution in [0.15, 0.2) is 30.7 Å². The number of hydrogen-bond donors (Lipinski definition) is 1. The number of nitrogen functional groups attached to an aromatic ring is 1. The standard InChI is InChI=1S/C14H14N6O/c15-12-11-14(20(8-17-11)10-5-3-7-21-10)19-13(18-12)9-4-1-2-6-16-9/h1-2,4,6,8,10H,3,5,7H2,(H2,15,18,19). The highest BCUT2D eigenvalue weighted by Crippen LogP contribution is 2.28. The van der Waals surface area contributed by atoms with Crippen LogP contribution in [0.1, 0.15) is 19.1 Å². The fourth-order valence-corrected chi connectivity index (χ4v) is 2.54. The van der Waals surface area contributed by atoms with Gasteiger partial charge in [0.2, 0.25) is 0 Å². The minimum Gasteiger partial charge on any atom is -0.382 e. The van der Waals surface area contributed by atoms with Crippen LogP contribution >= 0.6 is 0 Å². The summed E-state index contributed by atoms with van der Waals surface area (Å²) in [6.45, 7) is 0.762. The van der Waals surface area contributed by atoms with Crippen molar-refractivity contribution in [1.29, 1.82) is 0 Å². The lowest BCUT2D eigenvalue weighted by Gasteiger charge is -2.11. The van der Waals surface area contributed by atoms with Crippen LogP contribution < -0.4 is 5.73 Å². The lowest BCUT2D eigenvalue weighted by atomic mass is 10.3. The molecule has 0 aromatic carbocycles. The molecule has 0 aliphatic carbocycles. The number of ether oxygens (including phenoxy) is 1. The maximum atomic E-state index is 6.01. The van der Waals surface area contributed by atoms with Crippen molar-refractivity contribution in [3.63, 3.8) is 0 Å². The summed E-state index contributed by atoms with van der Waals surface area (Å²) < 4.78 is 7.62. The van der Waals surface area contributed by atoms with Gasteiger partial charge < -0.3 is 10.5 Å². The predicted molar refractivity (Wildman–Crippen MR) is 77.2 cm³/mol. The first-order valence-electron chi connectivity index (χ1n) is 6.86. The highest BCUT2D eigenvalue weighted by molar-refractivity contribution is 5.83. The molecular weight excluding hydrogens is 268 g/mol. The van der Waals surface area contributed by atoms with E-state index >= 15 is 0 Å². The highest BCUT2D eigenvalue weighted by atomic mass is 16.5. The van der Waals surface area contributed by atoms with E-state index in [-0.39, 0.29) is 6.23 Å². The first kappa shape index (κ1) is 12.2. The van der Waals surface area contributed by atoms with Gasteiger partial charge in [-0.1, -0.05) is 6.07 Å². The molecule has 3 aromatic rings. The minimum absolute atomic E-state index is 0.0270. The third-order valence-corrected chi connectivity index (χ3v) is 3.56. The van der Waals surface area contributed by atoms with Gasteiger partial charge in [-0.25, -0.2) is 15.0 Å². The quantitative estimate of drug-likeness (QED) is 0.770. The maximum absolute atomic E-state index is 6.01. The molecule has 0 saturated carbocycles. The number of imidazole rings is 1. The molecule has 0 bridgehead atoms. The lowest BCUT2D eigenvalue weighted by Crippen LogP contribution is -2.08. The molecular formula is C14H14N6O. The van der Waals surface area contributed by atoms with Crippen LogP contribution in [0, 0.1) is 0 Å². The van der Waals surface area contributed by atoms with Crippen molar-refractivity contribution in [2.24, 2.45) is 0 Å². The molecule has 4 heterocycles. The Morgan fingerprint density at radius 3 is 2.95 bits per heavy atom. The molecule has 1 fully saturated rings. The molecule has 0 amide bonds. The number of anilines is 1. The topological polar surface area (TPSA) is 91.7 Å². The van der Waals surface area contributed by atoms with Crippen molar-refractivity contribution >= 4 is 17.0 Å². The number of fused-ring (bicyclic) bond motifs is 1. The van der Waals surface area contributed by atoms with E-state index in [1.54, 1.807) is 12.5 Å². The second-order valence-corrected chi connectivity index (χ2v) is 4.94. The Morgan fingerprint density at radius 1 is 1.24 bits per heavy atom. The second kappa shape index (κ2) is 4.78. The normalized spacial score (nSPS) is 18.4. The largest absolute Gasteiger partial charge is 0.382 e. The third kappa shape index (κ3) is 2.02. The minimum atomic E-state index is -0.0270. The molecule has 1 aliphatic rings. The average molecular weight is 282 g/mol. The summed E-state index contributed by atoms with van der Waals surface area (Å²) >= 11 is 0. The van der Waals surface area contributed by atoms with Crippen LogP contribution in [0.3, 0.4) is 0 Å². The van der Waals surface area contributed by atoms with E-state index in [1.165, 1.54) is 0 Å². The van der Waals surface area contributed by atoms with E-state index < -0.39 is 0 Å². The van der Waals surface area contributed by atoms with Crippen molar-refractivity contribution in [1.82, 2.24) is 24.5 Å². The molecule has 3 aromatic heterocycles. The Labute approximate surface area is 120 Å². The molecule has 7 nitrogen and oxygen atoms in total. The zero-order chi connectivity index (χ0) is 14.2. The summed E-state index contributed by atoms with van der Waals surface area (Å²) in [4.78, 5) is 17.5. The van der Waals surface area contributed by atoms with Crippen LogP contribution in [0.25, 0.3) is 22.7 Å². The van der Waals surface area contributed by atoms with Gasteiger partial charge in [-0.15, -0.1) is 0 Å². The molecule has 1 atom stereocenters. The number of aromatic nitrogens is 5. The highest BCUT2D eigenvalue weighted by Gasteiger charge is 2.22. The lowest BCUT2D eigenvalue weighted by molar-refractivity contribution is 0.0593. The SMILES string of the molecule is Nc1nc(-c2ccccn2)nc2c1ncn2C1CCCO1. The smallest absolute Gasteiger partial charge is 0.182 e. The van der Waals surface area contributed by atoms with Gasteiger partial charge in [0, 0.05) is 12.8 Å². The zero-order valence-corrected chi connectivity index (χ0v) is 11.3. The summed E-state index contributed by atoms with van der Waals surface area (Å²) in [6.07, 6.45) is 5.39. The Balaban J connectivity index is 1.89. The van der Waals surface area contributed by atoms with Crippen LogP contribution in [0.4, 0.5) is 5.82 Å². The Kier molecular flexibility index (Phi) is 2.78. The van der Waals surface area contributed by atoms with Gasteiger partial charge in [-0.3, -0.25) is 9.55 Å². The summed E-state index contributed by atoms with van der Waals surface area (Å²) in [6, 6.07) is 5.60. The Hall–Kier alpha value is -2.54. The summed E-state index contributed by atoms with van der Waals surface area (Å²) in [5.74, 6) is 0.859. The number of rotatable bonds is 2. The van der Waals surface area contributed by atoms with Crippen LogP contribution in [0.2, 0.25) is 0 Å². The number of hydrogen-bond acceptors (Lipinski definition) is 6. The Morgan fingerprint density at radius 2 is 2.19 bits per heavy atom. The summed E-state index contributed by atoms with van der Waals surface area (Å²) in [5, 5.41) is 0. The van der Waals surface area contributed by atoms with Crippen molar-refractivity contribution < 1.29 is 4.74 Å². The fraction of sp³-hybridized carbons (Fsp3) is 0.286. The number of pyridine rings is 1. The average Bonchev–Trinajstić information content (AvgIpc) is 3.16. The summed E-state index contributed by atoms with van der Waals surface area (Å²) in [7, 11) is 0. The third-order valence-electron chi connectivity index (χ3n) is 3.56. The zero-order valence-electron chi connectivity index (χ0n) is 11.3. The fourth-order valence-electron chi connectivity index (χ4n) is 2.54. The molecule has 4 rings (SSSR count). The molecule has 21 heavy (non-hydrogen) atoms. The van der Waals surface area contributed by atoms with E-state index in [9.17, 15) is 0 Å². The first-order chi connectivity index (χ1) is 10.3. The van der Waals surface area contributed by atoms with Gasteiger partial charge in [0.1, 0.15) is 17.4 Å². The Bertz CT molecular complexity index is 779. The van der Waals surface area contributed by atoms with E-state index in [0.717, 1.165) is 19.4 Å². The maximum Gasteiger partial charge on any atom is 0.182 e.